The molecule has 34 heavy (non-hydrogen) atoms. The highest BCUT2D eigenvalue weighted by Crippen LogP contribution is 2.54. The standard InChI is InChI=1S/C31H24O2P/c32-24-25-16-18-26(19-17-25)33-27-20-22-31(23-21-27)34(28-10-4-1-5-11-28,29-12-6-2-7-13-29)30-14-8-3-9-15-30/h1-24H/q+1. The van der Waals surface area contributed by atoms with Gasteiger partial charge in [0.15, 0.2) is 0 Å². The topological polar surface area (TPSA) is 26.3 Å². The predicted molar refractivity (Wildman–Crippen MR) is 143 cm³/mol. The number of aldehydes is 1. The minimum absolute atomic E-state index is 0.630. The monoisotopic (exact) mass is 459 g/mol. The van der Waals surface area contributed by atoms with E-state index in [2.05, 4.69) is 103 Å². The third-order valence-electron chi connectivity index (χ3n) is 5.91. The van der Waals surface area contributed by atoms with Gasteiger partial charge in [0.05, 0.1) is 0 Å². The Morgan fingerprint density at radius 3 is 1.18 bits per heavy atom. The van der Waals surface area contributed by atoms with E-state index >= 15 is 0 Å². The zero-order valence-electron chi connectivity index (χ0n) is 18.6. The zero-order chi connectivity index (χ0) is 23.2. The number of hydrogen-bond acceptors (Lipinski definition) is 2. The molecule has 0 aliphatic rings. The molecule has 0 aliphatic heterocycles. The van der Waals surface area contributed by atoms with E-state index in [4.69, 9.17) is 4.74 Å². The molecule has 5 rings (SSSR count). The van der Waals surface area contributed by atoms with Gasteiger partial charge in [0.25, 0.3) is 0 Å². The molecule has 0 spiro atoms. The summed E-state index contributed by atoms with van der Waals surface area (Å²) in [7, 11) is -2.11. The van der Waals surface area contributed by atoms with E-state index in [1.807, 2.05) is 24.3 Å². The summed E-state index contributed by atoms with van der Waals surface area (Å²) in [4.78, 5) is 10.9. The SMILES string of the molecule is O=Cc1ccc(Oc2ccc([P+](c3ccccc3)(c3ccccc3)c3ccccc3)cc2)cc1. The highest BCUT2D eigenvalue weighted by molar-refractivity contribution is 8.01. The first kappa shape index (κ1) is 21.8. The number of carbonyl (C=O) groups is 1. The van der Waals surface area contributed by atoms with Crippen molar-refractivity contribution >= 4 is 34.8 Å². The normalized spacial score (nSPS) is 11.1. The van der Waals surface area contributed by atoms with Crippen molar-refractivity contribution in [2.45, 2.75) is 0 Å². The minimum atomic E-state index is -2.11. The average molecular weight is 460 g/mol. The number of benzene rings is 5. The molecule has 5 aromatic carbocycles. The highest BCUT2D eigenvalue weighted by atomic mass is 31.2. The molecule has 0 fully saturated rings. The maximum atomic E-state index is 10.9. The van der Waals surface area contributed by atoms with Crippen molar-refractivity contribution in [1.29, 1.82) is 0 Å². The lowest BCUT2D eigenvalue weighted by Crippen LogP contribution is -2.38. The molecular formula is C31H24O2P+. The molecule has 0 atom stereocenters. The Morgan fingerprint density at radius 1 is 0.441 bits per heavy atom. The van der Waals surface area contributed by atoms with Gasteiger partial charge in [-0.15, -0.1) is 0 Å². The van der Waals surface area contributed by atoms with Gasteiger partial charge in [-0.2, -0.15) is 0 Å². The molecule has 0 unspecified atom stereocenters. The van der Waals surface area contributed by atoms with E-state index < -0.39 is 7.26 Å². The summed E-state index contributed by atoms with van der Waals surface area (Å²) in [6, 6.07) is 48.0. The van der Waals surface area contributed by atoms with Crippen LogP contribution in [0.4, 0.5) is 0 Å². The van der Waals surface area contributed by atoms with Crippen molar-refractivity contribution in [3.05, 3.63) is 145 Å². The molecule has 0 N–H and O–H groups in total. The molecular weight excluding hydrogens is 435 g/mol. The van der Waals surface area contributed by atoms with Crippen LogP contribution in [0.25, 0.3) is 0 Å². The fourth-order valence-corrected chi connectivity index (χ4v) is 8.58. The van der Waals surface area contributed by atoms with Gasteiger partial charge >= 0.3 is 0 Å². The van der Waals surface area contributed by atoms with Gasteiger partial charge in [0, 0.05) is 5.56 Å². The van der Waals surface area contributed by atoms with Gasteiger partial charge in [-0.05, 0) is 84.9 Å². The molecule has 0 aromatic heterocycles. The maximum absolute atomic E-state index is 10.9. The van der Waals surface area contributed by atoms with Gasteiger partial charge in [-0.1, -0.05) is 54.6 Å². The van der Waals surface area contributed by atoms with Gasteiger partial charge in [-0.25, -0.2) is 0 Å². The van der Waals surface area contributed by atoms with Crippen LogP contribution in [0.15, 0.2) is 140 Å². The maximum Gasteiger partial charge on any atom is 0.150 e. The first-order valence-electron chi connectivity index (χ1n) is 11.2. The fraction of sp³-hybridized carbons (Fsp3) is 0. The number of rotatable bonds is 7. The lowest BCUT2D eigenvalue weighted by Gasteiger charge is -2.27. The first-order chi connectivity index (χ1) is 16.8. The van der Waals surface area contributed by atoms with Crippen LogP contribution in [0.1, 0.15) is 10.4 Å². The zero-order valence-corrected chi connectivity index (χ0v) is 19.5. The van der Waals surface area contributed by atoms with Crippen LogP contribution in [0, 0.1) is 0 Å². The number of hydrogen-bond donors (Lipinski definition) is 0. The molecule has 0 bridgehead atoms. The second-order valence-electron chi connectivity index (χ2n) is 7.96. The minimum Gasteiger partial charge on any atom is -0.457 e. The molecule has 5 aromatic rings. The van der Waals surface area contributed by atoms with Crippen LogP contribution in [-0.2, 0) is 0 Å². The average Bonchev–Trinajstić information content (AvgIpc) is 2.92. The van der Waals surface area contributed by atoms with Crippen molar-refractivity contribution < 1.29 is 9.53 Å². The Balaban J connectivity index is 1.64. The second-order valence-corrected chi connectivity index (χ2v) is 11.4. The summed E-state index contributed by atoms with van der Waals surface area (Å²) in [6.07, 6.45) is 0.832. The lowest BCUT2D eigenvalue weighted by molar-refractivity contribution is 0.112. The van der Waals surface area contributed by atoms with Crippen LogP contribution in [0.3, 0.4) is 0 Å². The van der Waals surface area contributed by atoms with Crippen molar-refractivity contribution in [2.75, 3.05) is 0 Å². The van der Waals surface area contributed by atoms with Gasteiger partial charge in [0.2, 0.25) is 0 Å². The third-order valence-corrected chi connectivity index (χ3v) is 10.2. The summed E-state index contributed by atoms with van der Waals surface area (Å²) >= 11 is 0. The molecule has 3 heteroatoms. The Kier molecular flexibility index (Phi) is 6.33. The third kappa shape index (κ3) is 4.17. The second kappa shape index (κ2) is 9.87. The summed E-state index contributed by atoms with van der Waals surface area (Å²) in [5.74, 6) is 1.46. The van der Waals surface area contributed by atoms with Gasteiger partial charge < -0.3 is 4.74 Å². The lowest BCUT2D eigenvalue weighted by atomic mass is 10.2. The van der Waals surface area contributed by atoms with Crippen LogP contribution in [0.5, 0.6) is 11.5 Å². The van der Waals surface area contributed by atoms with E-state index in [-0.39, 0.29) is 0 Å². The quantitative estimate of drug-likeness (QED) is 0.223. The molecule has 0 aliphatic carbocycles. The van der Waals surface area contributed by atoms with E-state index in [1.54, 1.807) is 12.1 Å². The van der Waals surface area contributed by atoms with Gasteiger partial charge in [-0.3, -0.25) is 4.79 Å². The van der Waals surface area contributed by atoms with E-state index in [9.17, 15) is 4.79 Å². The Morgan fingerprint density at radius 2 is 0.794 bits per heavy atom. The summed E-state index contributed by atoms with van der Waals surface area (Å²) in [6.45, 7) is 0. The van der Waals surface area contributed by atoms with Crippen molar-refractivity contribution in [3.63, 3.8) is 0 Å². The fourth-order valence-electron chi connectivity index (χ4n) is 4.34. The van der Waals surface area contributed by atoms with Crippen molar-refractivity contribution in [2.24, 2.45) is 0 Å². The van der Waals surface area contributed by atoms with Crippen LogP contribution >= 0.6 is 7.26 Å². The molecule has 0 amide bonds. The summed E-state index contributed by atoms with van der Waals surface area (Å²) < 4.78 is 6.06. The van der Waals surface area contributed by atoms with Crippen molar-refractivity contribution in [3.8, 4) is 11.5 Å². The largest absolute Gasteiger partial charge is 0.457 e. The highest BCUT2D eigenvalue weighted by Gasteiger charge is 2.47. The van der Waals surface area contributed by atoms with E-state index in [0.717, 1.165) is 12.0 Å². The molecule has 164 valence electrons. The first-order valence-corrected chi connectivity index (χ1v) is 13.0. The Labute approximate surface area is 200 Å². The molecule has 0 saturated carbocycles. The Hall–Kier alpha value is -4.00. The smallest absolute Gasteiger partial charge is 0.150 e. The van der Waals surface area contributed by atoms with Crippen LogP contribution < -0.4 is 26.0 Å². The molecule has 0 radical (unpaired) electrons. The van der Waals surface area contributed by atoms with E-state index in [1.165, 1.54) is 21.2 Å². The van der Waals surface area contributed by atoms with E-state index in [0.29, 0.717) is 11.3 Å². The predicted octanol–water partition coefficient (Wildman–Crippen LogP) is 5.91. The summed E-state index contributed by atoms with van der Waals surface area (Å²) in [5, 5.41) is 5.20. The molecule has 0 heterocycles. The Bertz CT molecular complexity index is 1250. The van der Waals surface area contributed by atoms with Crippen LogP contribution in [0.2, 0.25) is 0 Å². The van der Waals surface area contributed by atoms with Gasteiger partial charge in [0.1, 0.15) is 46.3 Å². The van der Waals surface area contributed by atoms with Crippen molar-refractivity contribution in [1.82, 2.24) is 0 Å². The molecule has 2 nitrogen and oxygen atoms in total. The number of carbonyl (C=O) groups excluding carboxylic acids is 1. The molecule has 0 saturated heterocycles. The summed E-state index contributed by atoms with van der Waals surface area (Å²) in [5.41, 5.74) is 0.630. The van der Waals surface area contributed by atoms with Crippen LogP contribution in [-0.4, -0.2) is 6.29 Å². The number of ether oxygens (including phenoxy) is 1.